The lowest BCUT2D eigenvalue weighted by atomic mass is 10.1. The van der Waals surface area contributed by atoms with Crippen molar-refractivity contribution in [2.75, 3.05) is 18.8 Å². The van der Waals surface area contributed by atoms with Gasteiger partial charge in [-0.2, -0.15) is 0 Å². The molecule has 0 aromatic carbocycles. The van der Waals surface area contributed by atoms with Crippen LogP contribution in [-0.4, -0.2) is 37.6 Å². The predicted molar refractivity (Wildman–Crippen MR) is 66.6 cm³/mol. The number of sulfonamides is 1. The highest BCUT2D eigenvalue weighted by Crippen LogP contribution is 2.18. The lowest BCUT2D eigenvalue weighted by molar-refractivity contribution is 0.313. The summed E-state index contributed by atoms with van der Waals surface area (Å²) in [6.07, 6.45) is 3.69. The maximum Gasteiger partial charge on any atom is 0.214 e. The van der Waals surface area contributed by atoms with Crippen molar-refractivity contribution in [2.24, 2.45) is 11.7 Å². The molecule has 0 spiro atoms. The Labute approximate surface area is 99.2 Å². The first-order valence-electron chi connectivity index (χ1n) is 6.23. The van der Waals surface area contributed by atoms with Crippen molar-refractivity contribution < 1.29 is 8.42 Å². The first-order valence-corrected chi connectivity index (χ1v) is 7.83. The van der Waals surface area contributed by atoms with Crippen LogP contribution in [0.5, 0.6) is 0 Å². The quantitative estimate of drug-likeness (QED) is 0.794. The van der Waals surface area contributed by atoms with Crippen LogP contribution in [0.15, 0.2) is 0 Å². The van der Waals surface area contributed by atoms with Crippen LogP contribution in [0.1, 0.15) is 39.5 Å². The van der Waals surface area contributed by atoms with Crippen molar-refractivity contribution in [3.05, 3.63) is 0 Å². The molecule has 1 rings (SSSR count). The lowest BCUT2D eigenvalue weighted by Crippen LogP contribution is -2.47. The highest BCUT2D eigenvalue weighted by atomic mass is 32.2. The molecule has 0 aromatic heterocycles. The molecule has 1 atom stereocenters. The van der Waals surface area contributed by atoms with Crippen LogP contribution >= 0.6 is 0 Å². The van der Waals surface area contributed by atoms with Gasteiger partial charge in [0.1, 0.15) is 0 Å². The van der Waals surface area contributed by atoms with Crippen LogP contribution in [-0.2, 0) is 10.0 Å². The van der Waals surface area contributed by atoms with Crippen LogP contribution in [0, 0.1) is 5.92 Å². The highest BCUT2D eigenvalue weighted by molar-refractivity contribution is 7.89. The van der Waals surface area contributed by atoms with Crippen molar-refractivity contribution >= 4 is 10.0 Å². The molecule has 16 heavy (non-hydrogen) atoms. The molecule has 0 bridgehead atoms. The van der Waals surface area contributed by atoms with Gasteiger partial charge in [-0.3, -0.25) is 0 Å². The molecule has 0 amide bonds. The van der Waals surface area contributed by atoms with E-state index in [9.17, 15) is 8.42 Å². The summed E-state index contributed by atoms with van der Waals surface area (Å²) in [5.41, 5.74) is 5.81. The summed E-state index contributed by atoms with van der Waals surface area (Å²) in [5, 5.41) is 0. The summed E-state index contributed by atoms with van der Waals surface area (Å²) >= 11 is 0. The summed E-state index contributed by atoms with van der Waals surface area (Å²) < 4.78 is 25.8. The summed E-state index contributed by atoms with van der Waals surface area (Å²) in [5.74, 6) is 0.565. The minimum absolute atomic E-state index is 0.0187. The Morgan fingerprint density at radius 1 is 1.38 bits per heavy atom. The largest absolute Gasteiger partial charge is 0.327 e. The molecular weight excluding hydrogens is 224 g/mol. The van der Waals surface area contributed by atoms with Crippen molar-refractivity contribution in [3.63, 3.8) is 0 Å². The average molecular weight is 248 g/mol. The minimum Gasteiger partial charge on any atom is -0.327 e. The molecule has 1 heterocycles. The van der Waals surface area contributed by atoms with E-state index in [0.29, 0.717) is 13.1 Å². The summed E-state index contributed by atoms with van der Waals surface area (Å²) in [6, 6.07) is 0.0187. The van der Waals surface area contributed by atoms with E-state index in [1.165, 1.54) is 0 Å². The fourth-order valence-electron chi connectivity index (χ4n) is 2.15. The van der Waals surface area contributed by atoms with E-state index in [1.54, 1.807) is 4.31 Å². The van der Waals surface area contributed by atoms with Gasteiger partial charge in [0.2, 0.25) is 10.0 Å². The second-order valence-electron chi connectivity index (χ2n) is 4.72. The van der Waals surface area contributed by atoms with Crippen LogP contribution in [0.2, 0.25) is 0 Å². The minimum atomic E-state index is -3.09. The van der Waals surface area contributed by atoms with E-state index in [-0.39, 0.29) is 17.7 Å². The van der Waals surface area contributed by atoms with Gasteiger partial charge in [-0.05, 0) is 18.8 Å². The fraction of sp³-hybridized carbons (Fsp3) is 1.00. The second kappa shape index (κ2) is 5.98. The van der Waals surface area contributed by atoms with E-state index in [0.717, 1.165) is 25.7 Å². The Hall–Kier alpha value is -0.130. The third kappa shape index (κ3) is 3.71. The monoisotopic (exact) mass is 248 g/mol. The van der Waals surface area contributed by atoms with E-state index in [4.69, 9.17) is 5.73 Å². The zero-order valence-electron chi connectivity index (χ0n) is 10.4. The number of hydrogen-bond acceptors (Lipinski definition) is 3. The molecule has 0 aliphatic carbocycles. The summed E-state index contributed by atoms with van der Waals surface area (Å²) in [6.45, 7) is 5.25. The molecule has 0 aromatic rings. The molecule has 1 saturated heterocycles. The van der Waals surface area contributed by atoms with Crippen LogP contribution in [0.25, 0.3) is 0 Å². The number of piperidine rings is 1. The number of rotatable bonds is 5. The molecule has 1 unspecified atom stereocenters. The maximum atomic E-state index is 12.1. The molecular formula is C11H24N2O2S. The third-order valence-electron chi connectivity index (χ3n) is 3.41. The summed E-state index contributed by atoms with van der Waals surface area (Å²) in [7, 11) is -3.09. The highest BCUT2D eigenvalue weighted by Gasteiger charge is 2.28. The van der Waals surface area contributed by atoms with Crippen molar-refractivity contribution in [1.82, 2.24) is 4.31 Å². The van der Waals surface area contributed by atoms with Gasteiger partial charge in [0.05, 0.1) is 5.75 Å². The topological polar surface area (TPSA) is 63.4 Å². The fourth-order valence-corrected chi connectivity index (χ4v) is 4.26. The summed E-state index contributed by atoms with van der Waals surface area (Å²) in [4.78, 5) is 0. The predicted octanol–water partition coefficient (Wildman–Crippen LogP) is 1.18. The maximum absolute atomic E-state index is 12.1. The molecule has 96 valence electrons. The van der Waals surface area contributed by atoms with E-state index < -0.39 is 10.0 Å². The molecule has 0 saturated carbocycles. The number of nitrogens with zero attached hydrogens (tertiary/aromatic N) is 1. The van der Waals surface area contributed by atoms with Gasteiger partial charge < -0.3 is 5.73 Å². The van der Waals surface area contributed by atoms with Gasteiger partial charge in [-0.15, -0.1) is 0 Å². The van der Waals surface area contributed by atoms with Crippen LogP contribution in [0.4, 0.5) is 0 Å². The van der Waals surface area contributed by atoms with Crippen LogP contribution in [0.3, 0.4) is 0 Å². The molecule has 5 heteroatoms. The van der Waals surface area contributed by atoms with Gasteiger partial charge >= 0.3 is 0 Å². The Bertz CT molecular complexity index is 299. The Kier molecular flexibility index (Phi) is 5.21. The van der Waals surface area contributed by atoms with Crippen molar-refractivity contribution in [1.29, 1.82) is 0 Å². The van der Waals surface area contributed by atoms with E-state index >= 15 is 0 Å². The number of hydrogen-bond donors (Lipinski definition) is 1. The first kappa shape index (κ1) is 13.9. The van der Waals surface area contributed by atoms with Gasteiger partial charge in [0, 0.05) is 19.1 Å². The van der Waals surface area contributed by atoms with Gasteiger partial charge in [-0.25, -0.2) is 12.7 Å². The van der Waals surface area contributed by atoms with Gasteiger partial charge in [-0.1, -0.05) is 26.7 Å². The van der Waals surface area contributed by atoms with E-state index in [1.807, 2.05) is 13.8 Å². The Balaban J connectivity index is 2.62. The SMILES string of the molecule is CCC(CC)CS(=O)(=O)N1CCCC(N)C1. The van der Waals surface area contributed by atoms with Crippen molar-refractivity contribution in [3.8, 4) is 0 Å². The standard InChI is InChI=1S/C11H24N2O2S/c1-3-10(4-2)9-16(14,15)13-7-5-6-11(12)8-13/h10-11H,3-9,12H2,1-2H3. The molecule has 1 fully saturated rings. The molecule has 1 aliphatic rings. The molecule has 4 nitrogen and oxygen atoms in total. The average Bonchev–Trinajstić information content (AvgIpc) is 2.26. The van der Waals surface area contributed by atoms with Gasteiger partial charge in [0.15, 0.2) is 0 Å². The van der Waals surface area contributed by atoms with Crippen molar-refractivity contribution in [2.45, 2.75) is 45.6 Å². The molecule has 1 aliphatic heterocycles. The zero-order chi connectivity index (χ0) is 12.2. The van der Waals surface area contributed by atoms with Gasteiger partial charge in [0.25, 0.3) is 0 Å². The normalized spacial score (nSPS) is 23.9. The zero-order valence-corrected chi connectivity index (χ0v) is 11.2. The first-order chi connectivity index (χ1) is 7.49. The lowest BCUT2D eigenvalue weighted by Gasteiger charge is -2.31. The second-order valence-corrected chi connectivity index (χ2v) is 6.73. The Morgan fingerprint density at radius 2 is 2.00 bits per heavy atom. The molecule has 0 radical (unpaired) electrons. The van der Waals surface area contributed by atoms with E-state index in [2.05, 4.69) is 0 Å². The van der Waals surface area contributed by atoms with Crippen LogP contribution < -0.4 is 5.73 Å². The third-order valence-corrected chi connectivity index (χ3v) is 5.43. The smallest absolute Gasteiger partial charge is 0.214 e. The number of nitrogens with two attached hydrogens (primary N) is 1. The molecule has 2 N–H and O–H groups in total. The Morgan fingerprint density at radius 3 is 2.50 bits per heavy atom.